The lowest BCUT2D eigenvalue weighted by molar-refractivity contribution is -0.117. The van der Waals surface area contributed by atoms with Crippen molar-refractivity contribution in [1.29, 1.82) is 0 Å². The molecule has 0 bridgehead atoms. The predicted octanol–water partition coefficient (Wildman–Crippen LogP) is 5.94. The summed E-state index contributed by atoms with van der Waals surface area (Å²) in [6, 6.07) is 0. The molecular weight excluding hydrogens is 268 g/mol. The summed E-state index contributed by atoms with van der Waals surface area (Å²) >= 11 is 0. The number of allylic oxidation sites excluding steroid dienone is 6. The minimum atomic E-state index is 0.389. The summed E-state index contributed by atoms with van der Waals surface area (Å²) in [6.45, 7) is 12.3. The van der Waals surface area contributed by atoms with Gasteiger partial charge in [-0.05, 0) is 64.2 Å². The molecule has 2 rings (SSSR count). The molecule has 0 saturated carbocycles. The molecule has 0 aromatic heterocycles. The second kappa shape index (κ2) is 7.76. The van der Waals surface area contributed by atoms with E-state index in [0.29, 0.717) is 30.5 Å². The van der Waals surface area contributed by atoms with Crippen molar-refractivity contribution in [3.05, 3.63) is 47.6 Å². The van der Waals surface area contributed by atoms with Crippen LogP contribution in [-0.4, -0.2) is 5.78 Å². The molecule has 0 N–H and O–H groups in total. The standard InChI is InChI=1S/C21H30O/c1-15(2)19-9-5-17(6-10-19)13-21(22)14-18-7-11-20(12-8-18)16(3)4/h5,7,19-20H,1,3,6,8-14H2,2,4H3. The van der Waals surface area contributed by atoms with Gasteiger partial charge in [-0.25, -0.2) is 0 Å². The molecule has 0 heterocycles. The molecule has 0 saturated heterocycles. The molecule has 22 heavy (non-hydrogen) atoms. The van der Waals surface area contributed by atoms with E-state index in [-0.39, 0.29) is 0 Å². The maximum absolute atomic E-state index is 12.3. The van der Waals surface area contributed by atoms with Crippen LogP contribution in [0.2, 0.25) is 0 Å². The van der Waals surface area contributed by atoms with Crippen LogP contribution >= 0.6 is 0 Å². The Kier molecular flexibility index (Phi) is 5.99. The molecule has 2 aliphatic carbocycles. The number of hydrogen-bond donors (Lipinski definition) is 0. The summed E-state index contributed by atoms with van der Waals surface area (Å²) in [7, 11) is 0. The van der Waals surface area contributed by atoms with Crippen molar-refractivity contribution in [2.45, 2.75) is 65.2 Å². The smallest absolute Gasteiger partial charge is 0.140 e. The second-order valence-corrected chi connectivity index (χ2v) is 7.25. The summed E-state index contributed by atoms with van der Waals surface area (Å²) < 4.78 is 0. The van der Waals surface area contributed by atoms with E-state index in [1.807, 2.05) is 0 Å². The molecule has 0 aliphatic heterocycles. The molecule has 1 heteroatoms. The van der Waals surface area contributed by atoms with E-state index in [1.54, 1.807) is 0 Å². The zero-order valence-electron chi connectivity index (χ0n) is 14.3. The zero-order valence-corrected chi connectivity index (χ0v) is 14.3. The van der Waals surface area contributed by atoms with Gasteiger partial charge >= 0.3 is 0 Å². The van der Waals surface area contributed by atoms with Crippen molar-refractivity contribution < 1.29 is 4.79 Å². The fourth-order valence-electron chi connectivity index (χ4n) is 3.56. The Labute approximate surface area is 135 Å². The average molecular weight is 298 g/mol. The van der Waals surface area contributed by atoms with Gasteiger partial charge in [0, 0.05) is 12.8 Å². The van der Waals surface area contributed by atoms with E-state index in [1.165, 1.54) is 22.3 Å². The molecule has 1 nitrogen and oxygen atoms in total. The third-order valence-electron chi connectivity index (χ3n) is 5.25. The molecule has 2 aliphatic rings. The normalized spacial score (nSPS) is 25.2. The highest BCUT2D eigenvalue weighted by Crippen LogP contribution is 2.32. The van der Waals surface area contributed by atoms with E-state index in [4.69, 9.17) is 0 Å². The van der Waals surface area contributed by atoms with Crippen LogP contribution in [0.15, 0.2) is 47.6 Å². The molecule has 120 valence electrons. The first-order valence-corrected chi connectivity index (χ1v) is 8.64. The van der Waals surface area contributed by atoms with Gasteiger partial charge in [-0.15, -0.1) is 0 Å². The largest absolute Gasteiger partial charge is 0.299 e. The Bertz CT molecular complexity index is 472. The molecule has 0 amide bonds. The summed E-state index contributed by atoms with van der Waals surface area (Å²) in [6.07, 6.45) is 12.5. The lowest BCUT2D eigenvalue weighted by Gasteiger charge is -2.23. The summed E-state index contributed by atoms with van der Waals surface area (Å²) in [5.74, 6) is 1.64. The third-order valence-corrected chi connectivity index (χ3v) is 5.25. The molecule has 0 spiro atoms. The molecule has 2 unspecified atom stereocenters. The molecule has 0 radical (unpaired) electrons. The van der Waals surface area contributed by atoms with Crippen LogP contribution in [0.3, 0.4) is 0 Å². The van der Waals surface area contributed by atoms with Gasteiger partial charge in [0.1, 0.15) is 5.78 Å². The lowest BCUT2D eigenvalue weighted by atomic mass is 9.82. The highest BCUT2D eigenvalue weighted by atomic mass is 16.1. The van der Waals surface area contributed by atoms with Gasteiger partial charge in [0.05, 0.1) is 0 Å². The number of ketones is 1. The number of hydrogen-bond acceptors (Lipinski definition) is 1. The fourth-order valence-corrected chi connectivity index (χ4v) is 3.56. The number of Topliss-reactive ketones (excluding diaryl/α,β-unsaturated/α-hetero) is 1. The van der Waals surface area contributed by atoms with E-state index in [2.05, 4.69) is 39.2 Å². The van der Waals surface area contributed by atoms with Gasteiger partial charge in [-0.1, -0.05) is 47.6 Å². The summed E-state index contributed by atoms with van der Waals surface area (Å²) in [5.41, 5.74) is 5.25. The Hall–Kier alpha value is -1.37. The van der Waals surface area contributed by atoms with Gasteiger partial charge < -0.3 is 0 Å². The van der Waals surface area contributed by atoms with Gasteiger partial charge in [0.2, 0.25) is 0 Å². The highest BCUT2D eigenvalue weighted by Gasteiger charge is 2.19. The monoisotopic (exact) mass is 298 g/mol. The van der Waals surface area contributed by atoms with Crippen molar-refractivity contribution in [3.63, 3.8) is 0 Å². The first-order valence-electron chi connectivity index (χ1n) is 8.64. The molecule has 2 atom stereocenters. The Morgan fingerprint density at radius 2 is 1.36 bits per heavy atom. The van der Waals surface area contributed by atoms with Crippen LogP contribution in [0.4, 0.5) is 0 Å². The van der Waals surface area contributed by atoms with Crippen LogP contribution in [0, 0.1) is 11.8 Å². The van der Waals surface area contributed by atoms with Crippen molar-refractivity contribution in [1.82, 2.24) is 0 Å². The third kappa shape index (κ3) is 4.83. The molecular formula is C21H30O. The highest BCUT2D eigenvalue weighted by molar-refractivity contribution is 5.83. The lowest BCUT2D eigenvalue weighted by Crippen LogP contribution is -2.11. The number of carbonyl (C=O) groups excluding carboxylic acids is 1. The van der Waals surface area contributed by atoms with E-state index in [0.717, 1.165) is 38.5 Å². The maximum Gasteiger partial charge on any atom is 0.140 e. The van der Waals surface area contributed by atoms with E-state index in [9.17, 15) is 4.79 Å². The van der Waals surface area contributed by atoms with Crippen LogP contribution in [0.5, 0.6) is 0 Å². The molecule has 0 fully saturated rings. The van der Waals surface area contributed by atoms with Gasteiger partial charge in [0.25, 0.3) is 0 Å². The minimum absolute atomic E-state index is 0.389. The van der Waals surface area contributed by atoms with Crippen LogP contribution in [0.25, 0.3) is 0 Å². The summed E-state index contributed by atoms with van der Waals surface area (Å²) in [5, 5.41) is 0. The first kappa shape index (κ1) is 17.0. The molecule has 0 aromatic rings. The number of rotatable bonds is 6. The Morgan fingerprint density at radius 1 is 0.955 bits per heavy atom. The van der Waals surface area contributed by atoms with E-state index < -0.39 is 0 Å². The van der Waals surface area contributed by atoms with Crippen LogP contribution in [-0.2, 0) is 4.79 Å². The first-order chi connectivity index (χ1) is 10.5. The molecule has 0 aromatic carbocycles. The quantitative estimate of drug-likeness (QED) is 0.554. The van der Waals surface area contributed by atoms with Gasteiger partial charge in [-0.3, -0.25) is 4.79 Å². The van der Waals surface area contributed by atoms with Crippen molar-refractivity contribution in [3.8, 4) is 0 Å². The van der Waals surface area contributed by atoms with Crippen molar-refractivity contribution in [2.75, 3.05) is 0 Å². The van der Waals surface area contributed by atoms with Gasteiger partial charge in [0.15, 0.2) is 0 Å². The Morgan fingerprint density at radius 3 is 1.64 bits per heavy atom. The van der Waals surface area contributed by atoms with Crippen LogP contribution in [0.1, 0.15) is 65.2 Å². The Balaban J connectivity index is 1.79. The van der Waals surface area contributed by atoms with Crippen molar-refractivity contribution >= 4 is 5.78 Å². The van der Waals surface area contributed by atoms with Crippen molar-refractivity contribution in [2.24, 2.45) is 11.8 Å². The zero-order chi connectivity index (χ0) is 16.1. The fraction of sp³-hybridized carbons (Fsp3) is 0.571. The SMILES string of the molecule is C=C(C)C1CC=C(CC(=O)CC2=CCC(C(=C)C)CC2)CC1. The second-order valence-electron chi connectivity index (χ2n) is 7.25. The predicted molar refractivity (Wildman–Crippen MR) is 94.7 cm³/mol. The van der Waals surface area contributed by atoms with Gasteiger partial charge in [-0.2, -0.15) is 0 Å². The summed E-state index contributed by atoms with van der Waals surface area (Å²) in [4.78, 5) is 12.3. The number of carbonyl (C=O) groups is 1. The maximum atomic E-state index is 12.3. The average Bonchev–Trinajstić information content (AvgIpc) is 2.48. The van der Waals surface area contributed by atoms with E-state index >= 15 is 0 Å². The minimum Gasteiger partial charge on any atom is -0.299 e. The van der Waals surface area contributed by atoms with Crippen LogP contribution < -0.4 is 0 Å². The topological polar surface area (TPSA) is 17.1 Å².